The Morgan fingerprint density at radius 1 is 1.17 bits per heavy atom. The summed E-state index contributed by atoms with van der Waals surface area (Å²) in [4.78, 5) is 53.5. The Bertz CT molecular complexity index is 1280. The van der Waals surface area contributed by atoms with Crippen molar-refractivity contribution in [2.75, 3.05) is 45.6 Å². The first-order chi connectivity index (χ1) is 19.7. The predicted octanol–water partition coefficient (Wildman–Crippen LogP) is -0.577. The molecule has 3 aliphatic heterocycles. The van der Waals surface area contributed by atoms with Crippen LogP contribution < -0.4 is 11.1 Å². The highest BCUT2D eigenvalue weighted by Crippen LogP contribution is 2.32. The van der Waals surface area contributed by atoms with Crippen molar-refractivity contribution in [2.45, 2.75) is 63.6 Å². The van der Waals surface area contributed by atoms with Crippen LogP contribution in [-0.4, -0.2) is 116 Å². The van der Waals surface area contributed by atoms with Gasteiger partial charge in [0.15, 0.2) is 23.8 Å². The van der Waals surface area contributed by atoms with Gasteiger partial charge in [0.1, 0.15) is 30.2 Å². The molecule has 3 saturated heterocycles. The number of amides is 3. The van der Waals surface area contributed by atoms with E-state index in [9.17, 15) is 24.6 Å². The van der Waals surface area contributed by atoms with E-state index in [1.165, 1.54) is 10.9 Å². The third-order valence-electron chi connectivity index (χ3n) is 8.21. The van der Waals surface area contributed by atoms with Gasteiger partial charge in [0.05, 0.1) is 12.2 Å². The lowest BCUT2D eigenvalue weighted by Crippen LogP contribution is -2.42. The number of ether oxygens (including phenoxy) is 2. The van der Waals surface area contributed by atoms with Crippen molar-refractivity contribution in [1.29, 1.82) is 0 Å². The van der Waals surface area contributed by atoms with E-state index in [0.717, 1.165) is 19.3 Å². The van der Waals surface area contributed by atoms with Crippen LogP contribution in [0.3, 0.4) is 0 Å². The minimum atomic E-state index is -1.42. The van der Waals surface area contributed by atoms with Crippen LogP contribution in [0, 0.1) is 11.8 Å². The molecule has 0 bridgehead atoms. The zero-order chi connectivity index (χ0) is 29.3. The first kappa shape index (κ1) is 29.0. The van der Waals surface area contributed by atoms with Gasteiger partial charge in [-0.05, 0) is 38.5 Å². The van der Waals surface area contributed by atoms with Crippen LogP contribution in [0.5, 0.6) is 0 Å². The second-order valence-electron chi connectivity index (χ2n) is 11.0. The molecule has 5 rings (SSSR count). The highest BCUT2D eigenvalue weighted by Gasteiger charge is 2.47. The molecule has 224 valence electrons. The third-order valence-corrected chi connectivity index (χ3v) is 8.21. The number of aliphatic hydroxyl groups excluding tert-OH is 2. The van der Waals surface area contributed by atoms with Crippen LogP contribution in [0.4, 0.5) is 10.6 Å². The molecule has 5 atom stereocenters. The molecule has 0 saturated carbocycles. The van der Waals surface area contributed by atoms with Crippen molar-refractivity contribution in [1.82, 2.24) is 34.6 Å². The second kappa shape index (κ2) is 12.1. The number of carbonyl (C=O) groups is 3. The molecule has 3 unspecified atom stereocenters. The van der Waals surface area contributed by atoms with Crippen LogP contribution in [0.15, 0.2) is 6.33 Å². The number of nitrogen functional groups attached to an aromatic ring is 1. The van der Waals surface area contributed by atoms with E-state index in [2.05, 4.69) is 20.3 Å². The van der Waals surface area contributed by atoms with E-state index >= 15 is 0 Å². The molecule has 5 N–H and O–H groups in total. The second-order valence-corrected chi connectivity index (χ2v) is 11.0. The van der Waals surface area contributed by atoms with Crippen LogP contribution in [0.2, 0.25) is 0 Å². The van der Waals surface area contributed by atoms with Gasteiger partial charge < -0.3 is 40.5 Å². The number of piperidine rings is 1. The number of aryl methyl sites for hydroxylation is 1. The van der Waals surface area contributed by atoms with Gasteiger partial charge in [-0.3, -0.25) is 14.2 Å². The first-order valence-corrected chi connectivity index (χ1v) is 14.1. The topological polar surface area (TPSA) is 198 Å². The molecule has 0 aliphatic carbocycles. The molecule has 2 aromatic rings. The van der Waals surface area contributed by atoms with Gasteiger partial charge in [-0.1, -0.05) is 0 Å². The smallest absolute Gasteiger partial charge is 0.409 e. The van der Waals surface area contributed by atoms with Crippen LogP contribution >= 0.6 is 0 Å². The SMILES string of the molecule is CCNC(=O)[C@H]1O[C@@H](n2cnc3c(N)nc(CCC4CCN(C(=O)OCC5CCN(C)C5=O)CC4)nc32)C(O)C1O. The van der Waals surface area contributed by atoms with Gasteiger partial charge in [-0.15, -0.1) is 0 Å². The van der Waals surface area contributed by atoms with Crippen molar-refractivity contribution in [3.63, 3.8) is 0 Å². The van der Waals surface area contributed by atoms with E-state index < -0.39 is 30.4 Å². The molecular formula is C26H38N8O7. The van der Waals surface area contributed by atoms with Crippen molar-refractivity contribution < 1.29 is 34.1 Å². The minimum Gasteiger partial charge on any atom is -0.449 e. The van der Waals surface area contributed by atoms with Crippen molar-refractivity contribution >= 4 is 34.9 Å². The standard InChI is InChI=1S/C26H38N8O7/c1-3-28-23(37)20-18(35)19(36)25(41-20)34-13-29-17-21(27)30-16(31-22(17)34)5-4-14-6-10-33(11-7-14)26(39)40-12-15-8-9-32(2)24(15)38/h13-15,18-20,25,35-36H,3-12H2,1-2H3,(H,28,37)(H2,27,30,31)/t15?,18?,19?,20-,25+/m0/s1. The summed E-state index contributed by atoms with van der Waals surface area (Å²) in [6.07, 6.45) is -0.462. The van der Waals surface area contributed by atoms with Crippen LogP contribution in [0.25, 0.3) is 11.2 Å². The molecule has 0 aromatic carbocycles. The van der Waals surface area contributed by atoms with Crippen LogP contribution in [0.1, 0.15) is 44.7 Å². The molecule has 0 radical (unpaired) electrons. The summed E-state index contributed by atoms with van der Waals surface area (Å²) in [6, 6.07) is 0. The highest BCUT2D eigenvalue weighted by molar-refractivity contribution is 5.83. The molecule has 0 spiro atoms. The number of imidazole rings is 1. The van der Waals surface area contributed by atoms with Gasteiger partial charge in [-0.2, -0.15) is 0 Å². The normalized spacial score (nSPS) is 27.1. The van der Waals surface area contributed by atoms with E-state index in [1.54, 1.807) is 23.8 Å². The number of anilines is 1. The number of rotatable bonds is 8. The van der Waals surface area contributed by atoms with Crippen LogP contribution in [-0.2, 0) is 25.5 Å². The first-order valence-electron chi connectivity index (χ1n) is 14.1. The maximum atomic E-state index is 12.5. The molecule has 15 nitrogen and oxygen atoms in total. The fourth-order valence-electron chi connectivity index (χ4n) is 5.71. The number of hydrogen-bond acceptors (Lipinski definition) is 11. The summed E-state index contributed by atoms with van der Waals surface area (Å²) < 4.78 is 12.6. The number of nitrogens with two attached hydrogens (primary N) is 1. The maximum Gasteiger partial charge on any atom is 0.409 e. The number of likely N-dealkylation sites (N-methyl/N-ethyl adjacent to an activating group) is 1. The highest BCUT2D eigenvalue weighted by atomic mass is 16.6. The summed E-state index contributed by atoms with van der Waals surface area (Å²) in [5.41, 5.74) is 6.84. The average molecular weight is 575 g/mol. The number of fused-ring (bicyclic) bond motifs is 1. The minimum absolute atomic E-state index is 0.0220. The quantitative estimate of drug-likeness (QED) is 0.315. The Morgan fingerprint density at radius 2 is 1.93 bits per heavy atom. The Kier molecular flexibility index (Phi) is 8.56. The van der Waals surface area contributed by atoms with Crippen molar-refractivity contribution in [3.05, 3.63) is 12.2 Å². The van der Waals surface area contributed by atoms with Crippen molar-refractivity contribution in [2.24, 2.45) is 11.8 Å². The Morgan fingerprint density at radius 3 is 2.61 bits per heavy atom. The lowest BCUT2D eigenvalue weighted by atomic mass is 9.92. The van der Waals surface area contributed by atoms with E-state index in [4.69, 9.17) is 15.2 Å². The number of carbonyl (C=O) groups excluding carboxylic acids is 3. The zero-order valence-corrected chi connectivity index (χ0v) is 23.3. The largest absolute Gasteiger partial charge is 0.449 e. The molecule has 3 aliphatic rings. The van der Waals surface area contributed by atoms with E-state index in [0.29, 0.717) is 61.9 Å². The summed E-state index contributed by atoms with van der Waals surface area (Å²) in [6.45, 7) is 4.06. The molecule has 2 aromatic heterocycles. The van der Waals surface area contributed by atoms with Crippen molar-refractivity contribution in [3.8, 4) is 0 Å². The Labute approximate surface area is 237 Å². The number of aromatic nitrogens is 4. The molecule has 3 fully saturated rings. The monoisotopic (exact) mass is 574 g/mol. The number of aliphatic hydroxyl groups is 2. The Balaban J connectivity index is 1.16. The Hall–Kier alpha value is -3.56. The summed E-state index contributed by atoms with van der Waals surface area (Å²) in [5, 5.41) is 23.6. The maximum absolute atomic E-state index is 12.5. The van der Waals surface area contributed by atoms with E-state index in [1.807, 2.05) is 0 Å². The predicted molar refractivity (Wildman–Crippen MR) is 144 cm³/mol. The molecule has 5 heterocycles. The molecule has 15 heteroatoms. The molecule has 41 heavy (non-hydrogen) atoms. The summed E-state index contributed by atoms with van der Waals surface area (Å²) >= 11 is 0. The lowest BCUT2D eigenvalue weighted by molar-refractivity contribution is -0.137. The fourth-order valence-corrected chi connectivity index (χ4v) is 5.71. The average Bonchev–Trinajstić information content (AvgIpc) is 3.62. The van der Waals surface area contributed by atoms with Gasteiger partial charge in [0.25, 0.3) is 5.91 Å². The van der Waals surface area contributed by atoms with Gasteiger partial charge in [0.2, 0.25) is 5.91 Å². The number of nitrogens with zero attached hydrogens (tertiary/aromatic N) is 6. The summed E-state index contributed by atoms with van der Waals surface area (Å²) in [5.74, 6) is 0.283. The number of likely N-dealkylation sites (tertiary alicyclic amines) is 2. The van der Waals surface area contributed by atoms with E-state index in [-0.39, 0.29) is 30.3 Å². The zero-order valence-electron chi connectivity index (χ0n) is 23.3. The van der Waals surface area contributed by atoms with Gasteiger partial charge in [-0.25, -0.2) is 19.7 Å². The fraction of sp³-hybridized carbons (Fsp3) is 0.692. The number of hydrogen-bond donors (Lipinski definition) is 4. The molecule has 3 amide bonds. The molecular weight excluding hydrogens is 536 g/mol. The van der Waals surface area contributed by atoms with Gasteiger partial charge in [0, 0.05) is 39.6 Å². The third kappa shape index (κ3) is 5.92. The number of nitrogens with one attached hydrogen (secondary N) is 1. The summed E-state index contributed by atoms with van der Waals surface area (Å²) in [7, 11) is 1.76. The van der Waals surface area contributed by atoms with Gasteiger partial charge >= 0.3 is 6.09 Å². The lowest BCUT2D eigenvalue weighted by Gasteiger charge is -2.31.